The van der Waals surface area contributed by atoms with Crippen molar-refractivity contribution < 1.29 is 5.48 Å². The van der Waals surface area contributed by atoms with Crippen molar-refractivity contribution in [3.8, 4) is 44.5 Å². The van der Waals surface area contributed by atoms with E-state index >= 15 is 0 Å². The van der Waals surface area contributed by atoms with Gasteiger partial charge in [-0.1, -0.05) is 158 Å². The van der Waals surface area contributed by atoms with Crippen LogP contribution < -0.4 is 4.90 Å². The van der Waals surface area contributed by atoms with E-state index in [1.54, 1.807) is 0 Å². The molecule has 0 bridgehead atoms. The normalized spacial score (nSPS) is 12.2. The van der Waals surface area contributed by atoms with E-state index in [0.29, 0.717) is 11.1 Å². The molecule has 0 heterocycles. The second kappa shape index (κ2) is 12.7. The van der Waals surface area contributed by atoms with Crippen LogP contribution in [0.5, 0.6) is 0 Å². The first-order valence-electron chi connectivity index (χ1n) is 17.8. The Kier molecular flexibility index (Phi) is 6.50. The van der Waals surface area contributed by atoms with E-state index in [-0.39, 0.29) is 29.9 Å². The molecule has 0 aliphatic heterocycles. The van der Waals surface area contributed by atoms with Crippen molar-refractivity contribution in [1.29, 1.82) is 0 Å². The van der Waals surface area contributed by atoms with Gasteiger partial charge >= 0.3 is 0 Å². The summed E-state index contributed by atoms with van der Waals surface area (Å²) >= 11 is 0. The highest BCUT2D eigenvalue weighted by Crippen LogP contribution is 2.39. The van der Waals surface area contributed by atoms with E-state index in [1.807, 2.05) is 102 Å². The zero-order valence-corrected chi connectivity index (χ0v) is 25.7. The van der Waals surface area contributed by atoms with Crippen molar-refractivity contribution in [3.63, 3.8) is 0 Å². The predicted molar refractivity (Wildman–Crippen MR) is 200 cm³/mol. The Labute approximate surface area is 282 Å². The minimum Gasteiger partial charge on any atom is -0.311 e. The summed E-state index contributed by atoms with van der Waals surface area (Å²) in [7, 11) is 0. The summed E-state index contributed by atoms with van der Waals surface area (Å²) in [4.78, 5) is 1.82. The fourth-order valence-corrected chi connectivity index (χ4v) is 6.23. The summed E-state index contributed by atoms with van der Waals surface area (Å²) in [6, 6.07) is 58.3. The molecule has 8 aromatic carbocycles. The monoisotopic (exact) mass is 603 g/mol. The molecule has 0 saturated heterocycles. The Morgan fingerprint density at radius 2 is 0.872 bits per heavy atom. The lowest BCUT2D eigenvalue weighted by molar-refractivity contribution is 1.28. The first kappa shape index (κ1) is 24.1. The molecular weight excluding hydrogens is 567 g/mol. The molecule has 0 amide bonds. The number of benzene rings is 8. The molecule has 0 radical (unpaired) electrons. The molecule has 47 heavy (non-hydrogen) atoms. The van der Waals surface area contributed by atoms with Crippen LogP contribution in [0.15, 0.2) is 200 Å². The third kappa shape index (κ3) is 5.72. The van der Waals surface area contributed by atoms with E-state index in [0.717, 1.165) is 55.5 Å². The maximum Gasteiger partial charge on any atom is 0.0645 e. The van der Waals surface area contributed by atoms with Gasteiger partial charge in [-0.25, -0.2) is 0 Å². The van der Waals surface area contributed by atoms with Gasteiger partial charge < -0.3 is 4.90 Å². The number of hydrogen-bond acceptors (Lipinski definition) is 1. The van der Waals surface area contributed by atoms with Crippen LogP contribution in [-0.2, 0) is 0 Å². The van der Waals surface area contributed by atoms with Gasteiger partial charge in [0.1, 0.15) is 0 Å². The lowest BCUT2D eigenvalue weighted by atomic mass is 9.91. The smallest absolute Gasteiger partial charge is 0.0645 e. The molecule has 8 rings (SSSR count). The SMILES string of the molecule is [2H]c1c([2H])c(N(c2ccccc2)c2ccc(-c3ccc(-c4ccccc4)c(-c4ccccc4)c3)cc2)c([2H])c([2H])c1-c1cccc2ccccc12. The molecule has 0 saturated carbocycles. The molecule has 0 N–H and O–H groups in total. The lowest BCUT2D eigenvalue weighted by Crippen LogP contribution is -2.09. The lowest BCUT2D eigenvalue weighted by Gasteiger charge is -2.26. The molecule has 8 aromatic rings. The summed E-state index contributed by atoms with van der Waals surface area (Å²) in [5.74, 6) is 0. The van der Waals surface area contributed by atoms with Crippen molar-refractivity contribution in [2.45, 2.75) is 0 Å². The van der Waals surface area contributed by atoms with Crippen LogP contribution in [-0.4, -0.2) is 0 Å². The van der Waals surface area contributed by atoms with Crippen LogP contribution >= 0.6 is 0 Å². The number of hydrogen-bond donors (Lipinski definition) is 0. The summed E-state index contributed by atoms with van der Waals surface area (Å²) in [6.07, 6.45) is 0. The third-order valence-corrected chi connectivity index (χ3v) is 8.56. The van der Waals surface area contributed by atoms with Crippen LogP contribution in [0, 0.1) is 0 Å². The third-order valence-electron chi connectivity index (χ3n) is 8.56. The van der Waals surface area contributed by atoms with Gasteiger partial charge in [0.15, 0.2) is 0 Å². The van der Waals surface area contributed by atoms with Gasteiger partial charge in [0.25, 0.3) is 0 Å². The number of anilines is 3. The zero-order chi connectivity index (χ0) is 34.9. The Morgan fingerprint density at radius 3 is 1.57 bits per heavy atom. The van der Waals surface area contributed by atoms with Gasteiger partial charge in [0.05, 0.1) is 5.48 Å². The first-order chi connectivity index (χ1) is 25.0. The van der Waals surface area contributed by atoms with E-state index in [4.69, 9.17) is 0 Å². The van der Waals surface area contributed by atoms with Crippen molar-refractivity contribution in [2.24, 2.45) is 0 Å². The predicted octanol–water partition coefficient (Wildman–Crippen LogP) is 13.0. The van der Waals surface area contributed by atoms with E-state index in [2.05, 4.69) is 78.9 Å². The number of rotatable bonds is 7. The number of fused-ring (bicyclic) bond motifs is 1. The van der Waals surface area contributed by atoms with E-state index in [1.165, 1.54) is 0 Å². The topological polar surface area (TPSA) is 3.24 Å². The fraction of sp³-hybridized carbons (Fsp3) is 0. The van der Waals surface area contributed by atoms with Crippen molar-refractivity contribution in [1.82, 2.24) is 0 Å². The largest absolute Gasteiger partial charge is 0.311 e. The van der Waals surface area contributed by atoms with Gasteiger partial charge in [-0.2, -0.15) is 0 Å². The highest BCUT2D eigenvalue weighted by molar-refractivity contribution is 5.97. The Bertz CT molecular complexity index is 2460. The molecule has 1 heteroatoms. The molecule has 0 unspecified atom stereocenters. The first-order valence-corrected chi connectivity index (χ1v) is 15.8. The molecule has 0 atom stereocenters. The van der Waals surface area contributed by atoms with Crippen LogP contribution in [0.1, 0.15) is 5.48 Å². The summed E-state index contributed by atoms with van der Waals surface area (Å²) < 4.78 is 37.0. The molecule has 0 fully saturated rings. The average molecular weight is 604 g/mol. The minimum absolute atomic E-state index is 0.0770. The molecule has 0 aromatic heterocycles. The standard InChI is InChI=1S/C46H33N/c1-4-13-35(14-5-1)45-32-27-39(33-46(45)37-15-6-2-7-16-37)34-23-28-41(29-24-34)47(40-19-8-3-9-20-40)42-30-25-38(26-31-42)44-22-12-18-36-17-10-11-21-43(36)44/h1-33H/i25D,26D,30D,31D. The zero-order valence-electron chi connectivity index (χ0n) is 29.7. The number of para-hydroxylation sites is 1. The molecule has 0 aliphatic rings. The molecule has 0 spiro atoms. The molecular formula is C46H33N. The maximum absolute atomic E-state index is 9.30. The molecule has 0 aliphatic carbocycles. The summed E-state index contributed by atoms with van der Waals surface area (Å²) in [6.45, 7) is 0. The maximum atomic E-state index is 9.30. The van der Waals surface area contributed by atoms with Gasteiger partial charge in [0, 0.05) is 17.1 Å². The Morgan fingerprint density at radius 1 is 0.319 bits per heavy atom. The highest BCUT2D eigenvalue weighted by Gasteiger charge is 2.15. The summed E-state index contributed by atoms with van der Waals surface area (Å²) in [5, 5.41) is 1.86. The second-order valence-electron chi connectivity index (χ2n) is 11.5. The van der Waals surface area contributed by atoms with Gasteiger partial charge in [-0.05, 0) is 97.7 Å². The van der Waals surface area contributed by atoms with Crippen LogP contribution in [0.2, 0.25) is 0 Å². The van der Waals surface area contributed by atoms with Gasteiger partial charge in [0.2, 0.25) is 0 Å². The van der Waals surface area contributed by atoms with Crippen molar-refractivity contribution in [2.75, 3.05) is 4.90 Å². The van der Waals surface area contributed by atoms with Crippen molar-refractivity contribution >= 4 is 27.8 Å². The van der Waals surface area contributed by atoms with E-state index < -0.39 is 0 Å². The Balaban J connectivity index is 1.24. The molecule has 1 nitrogen and oxygen atoms in total. The van der Waals surface area contributed by atoms with E-state index in [9.17, 15) is 5.48 Å². The van der Waals surface area contributed by atoms with Crippen LogP contribution in [0.3, 0.4) is 0 Å². The molecule has 222 valence electrons. The van der Waals surface area contributed by atoms with Crippen LogP contribution in [0.25, 0.3) is 55.3 Å². The quantitative estimate of drug-likeness (QED) is 0.175. The average Bonchev–Trinajstić information content (AvgIpc) is 3.20. The number of nitrogens with zero attached hydrogens (tertiary/aromatic N) is 1. The fourth-order valence-electron chi connectivity index (χ4n) is 6.23. The highest BCUT2D eigenvalue weighted by atomic mass is 15.1. The van der Waals surface area contributed by atoms with Crippen molar-refractivity contribution in [3.05, 3.63) is 200 Å². The second-order valence-corrected chi connectivity index (χ2v) is 11.5. The van der Waals surface area contributed by atoms with Gasteiger partial charge in [-0.15, -0.1) is 0 Å². The van der Waals surface area contributed by atoms with Gasteiger partial charge in [-0.3, -0.25) is 0 Å². The minimum atomic E-state index is -0.101. The van der Waals surface area contributed by atoms with Crippen LogP contribution in [0.4, 0.5) is 17.1 Å². The Hall–Kier alpha value is -6.18. The summed E-state index contributed by atoms with van der Waals surface area (Å²) in [5.41, 5.74) is 9.33.